The summed E-state index contributed by atoms with van der Waals surface area (Å²) in [6, 6.07) is 4.47. The Morgan fingerprint density at radius 3 is 2.81 bits per heavy atom. The predicted molar refractivity (Wildman–Crippen MR) is 137 cm³/mol. The van der Waals surface area contributed by atoms with Crippen molar-refractivity contribution in [1.82, 2.24) is 5.32 Å². The van der Waals surface area contributed by atoms with Crippen LogP contribution in [0.2, 0.25) is 0 Å². The van der Waals surface area contributed by atoms with Crippen LogP contribution in [0.3, 0.4) is 0 Å². The third-order valence-electron chi connectivity index (χ3n) is 6.74. The molecule has 1 unspecified atom stereocenters. The molecule has 1 aromatic rings. The highest BCUT2D eigenvalue weighted by Gasteiger charge is 2.39. The SMILES string of the molecule is C=C(C)[C@@H]1CCC(C)=C[C@H]1c1c(O)cc(CCCCC)cc1OC(=S)NCC1C[N+]1=CC. The van der Waals surface area contributed by atoms with E-state index in [1.54, 1.807) is 0 Å². The molecule has 0 bridgehead atoms. The summed E-state index contributed by atoms with van der Waals surface area (Å²) in [6.45, 7) is 14.6. The molecule has 0 radical (unpaired) electrons. The molecule has 0 amide bonds. The lowest BCUT2D eigenvalue weighted by Crippen LogP contribution is -2.31. The molecule has 1 heterocycles. The fourth-order valence-corrected chi connectivity index (χ4v) is 4.92. The molecular formula is C27H39N2O2S+. The van der Waals surface area contributed by atoms with Gasteiger partial charge in [0.2, 0.25) is 12.6 Å². The van der Waals surface area contributed by atoms with E-state index in [2.05, 4.69) is 55.6 Å². The van der Waals surface area contributed by atoms with Gasteiger partial charge in [0.05, 0.1) is 6.54 Å². The molecule has 0 spiro atoms. The lowest BCUT2D eigenvalue weighted by Gasteiger charge is -2.32. The number of ether oxygens (including phenoxy) is 1. The first-order valence-corrected chi connectivity index (χ1v) is 12.4. The van der Waals surface area contributed by atoms with E-state index in [0.717, 1.165) is 55.5 Å². The summed E-state index contributed by atoms with van der Waals surface area (Å²) in [4.78, 5) is 0. The molecule has 1 aromatic carbocycles. The third-order valence-corrected chi connectivity index (χ3v) is 6.96. The van der Waals surface area contributed by atoms with Crippen molar-refractivity contribution < 1.29 is 14.4 Å². The maximum absolute atomic E-state index is 11.2. The minimum Gasteiger partial charge on any atom is -0.507 e. The second-order valence-corrected chi connectivity index (χ2v) is 9.76. The predicted octanol–water partition coefficient (Wildman–Crippen LogP) is 5.88. The Hall–Kier alpha value is -2.14. The summed E-state index contributed by atoms with van der Waals surface area (Å²) in [5.74, 6) is 1.29. The smallest absolute Gasteiger partial charge is 0.262 e. The van der Waals surface area contributed by atoms with Gasteiger partial charge in [0, 0.05) is 18.4 Å². The molecule has 5 heteroatoms. The number of hydrogen-bond donors (Lipinski definition) is 2. The molecule has 3 rings (SSSR count). The molecule has 0 aromatic heterocycles. The Morgan fingerprint density at radius 1 is 1.38 bits per heavy atom. The fourth-order valence-electron chi connectivity index (χ4n) is 4.75. The topological polar surface area (TPSA) is 44.5 Å². The van der Waals surface area contributed by atoms with Crippen molar-refractivity contribution in [2.45, 2.75) is 78.2 Å². The molecule has 174 valence electrons. The Balaban J connectivity index is 1.89. The molecule has 0 saturated carbocycles. The van der Waals surface area contributed by atoms with Gasteiger partial charge in [-0.05, 0) is 75.4 Å². The molecule has 2 aliphatic rings. The van der Waals surface area contributed by atoms with Crippen LogP contribution < -0.4 is 10.1 Å². The van der Waals surface area contributed by atoms with Crippen LogP contribution in [0.15, 0.2) is 35.9 Å². The number of hydrogen-bond acceptors (Lipinski definition) is 3. The average Bonchev–Trinajstić information content (AvgIpc) is 3.51. The van der Waals surface area contributed by atoms with E-state index in [4.69, 9.17) is 17.0 Å². The van der Waals surface area contributed by atoms with Gasteiger partial charge in [-0.2, -0.15) is 0 Å². The van der Waals surface area contributed by atoms with Crippen LogP contribution in [0.25, 0.3) is 0 Å². The number of thiocarbonyl (C=S) groups is 1. The fraction of sp³-hybridized carbons (Fsp3) is 0.556. The van der Waals surface area contributed by atoms with E-state index in [1.807, 2.05) is 13.0 Å². The largest absolute Gasteiger partial charge is 0.507 e. The number of allylic oxidation sites excluding steroid dienone is 3. The van der Waals surface area contributed by atoms with E-state index in [0.29, 0.717) is 22.7 Å². The highest BCUT2D eigenvalue weighted by atomic mass is 32.1. The summed E-state index contributed by atoms with van der Waals surface area (Å²) in [5, 5.41) is 14.8. The van der Waals surface area contributed by atoms with Crippen LogP contribution in [0.5, 0.6) is 11.5 Å². The lowest BCUT2D eigenvalue weighted by molar-refractivity contribution is -0.354. The summed E-state index contributed by atoms with van der Waals surface area (Å²) >= 11 is 5.54. The van der Waals surface area contributed by atoms with E-state index in [9.17, 15) is 5.11 Å². The molecule has 1 fully saturated rings. The number of rotatable bonds is 9. The van der Waals surface area contributed by atoms with Crippen molar-refractivity contribution in [3.63, 3.8) is 0 Å². The van der Waals surface area contributed by atoms with Gasteiger partial charge in [0.1, 0.15) is 17.7 Å². The minimum absolute atomic E-state index is 0.0392. The van der Waals surface area contributed by atoms with Crippen LogP contribution in [0, 0.1) is 5.92 Å². The van der Waals surface area contributed by atoms with E-state index in [-0.39, 0.29) is 11.8 Å². The summed E-state index contributed by atoms with van der Waals surface area (Å²) in [5.41, 5.74) is 4.40. The quantitative estimate of drug-likeness (QED) is 0.160. The van der Waals surface area contributed by atoms with Gasteiger partial charge in [-0.3, -0.25) is 0 Å². The Morgan fingerprint density at radius 2 is 2.16 bits per heavy atom. The van der Waals surface area contributed by atoms with Crippen LogP contribution in [0.1, 0.15) is 76.8 Å². The normalized spacial score (nSPS) is 23.6. The van der Waals surface area contributed by atoms with Gasteiger partial charge >= 0.3 is 0 Å². The first-order chi connectivity index (χ1) is 15.3. The summed E-state index contributed by atoms with van der Waals surface area (Å²) in [7, 11) is 0. The highest BCUT2D eigenvalue weighted by Crippen LogP contribution is 2.47. The molecule has 3 atom stereocenters. The minimum atomic E-state index is 0.0392. The second kappa shape index (κ2) is 11.1. The Kier molecular flexibility index (Phi) is 8.52. The van der Waals surface area contributed by atoms with Gasteiger partial charge in [0.25, 0.3) is 5.17 Å². The first-order valence-electron chi connectivity index (χ1n) is 12.0. The van der Waals surface area contributed by atoms with Crippen molar-refractivity contribution in [3.8, 4) is 11.5 Å². The third kappa shape index (κ3) is 6.22. The van der Waals surface area contributed by atoms with Crippen LogP contribution in [0.4, 0.5) is 0 Å². The maximum atomic E-state index is 11.2. The van der Waals surface area contributed by atoms with Gasteiger partial charge in [0.15, 0.2) is 0 Å². The number of phenolic OH excluding ortho intramolecular Hbond substituents is 1. The van der Waals surface area contributed by atoms with Crippen LogP contribution in [-0.2, 0) is 6.42 Å². The molecule has 1 aliphatic carbocycles. The number of nitrogens with zero attached hydrogens (tertiary/aromatic N) is 1. The molecule has 4 nitrogen and oxygen atoms in total. The van der Waals surface area contributed by atoms with Crippen molar-refractivity contribution in [2.24, 2.45) is 5.92 Å². The molecule has 1 saturated heterocycles. The van der Waals surface area contributed by atoms with E-state index >= 15 is 0 Å². The highest BCUT2D eigenvalue weighted by molar-refractivity contribution is 7.80. The maximum Gasteiger partial charge on any atom is 0.262 e. The standard InChI is InChI=1S/C27H38N2O2S/c1-6-8-9-10-20-14-24(30)26(23-13-19(5)11-12-22(23)18(3)4)25(15-20)31-27(32)28-16-21-17-29(21)7-2/h7,13-15,21-23H,3,6,8-12,16-17H2,1-2,4-5H3,(H-,28,30,32)/p+1/t21?,22-,23+/m0/s1. The van der Waals surface area contributed by atoms with Gasteiger partial charge < -0.3 is 15.2 Å². The summed E-state index contributed by atoms with van der Waals surface area (Å²) < 4.78 is 8.47. The molecular weight excluding hydrogens is 416 g/mol. The first kappa shape index (κ1) is 24.5. The van der Waals surface area contributed by atoms with Crippen molar-refractivity contribution in [2.75, 3.05) is 13.1 Å². The Labute approximate surface area is 199 Å². The van der Waals surface area contributed by atoms with Crippen molar-refractivity contribution in [1.29, 1.82) is 0 Å². The van der Waals surface area contributed by atoms with Crippen molar-refractivity contribution >= 4 is 23.6 Å². The zero-order valence-electron chi connectivity index (χ0n) is 20.1. The number of benzene rings is 1. The number of aromatic hydroxyl groups is 1. The number of nitrogens with one attached hydrogen (secondary N) is 1. The molecule has 2 N–H and O–H groups in total. The van der Waals surface area contributed by atoms with Crippen LogP contribution in [-0.4, -0.2) is 40.2 Å². The van der Waals surface area contributed by atoms with Crippen LogP contribution >= 0.6 is 12.2 Å². The lowest BCUT2D eigenvalue weighted by atomic mass is 9.73. The van der Waals surface area contributed by atoms with Crippen molar-refractivity contribution in [3.05, 3.63) is 47.1 Å². The number of aryl methyl sites for hydroxylation is 1. The van der Waals surface area contributed by atoms with Gasteiger partial charge in [-0.25, -0.2) is 4.58 Å². The number of unbranched alkanes of at least 4 members (excludes halogenated alkanes) is 2. The van der Waals surface area contributed by atoms with E-state index in [1.165, 1.54) is 18.4 Å². The molecule has 1 aliphatic heterocycles. The van der Waals surface area contributed by atoms with Gasteiger partial charge in [-0.15, -0.1) is 0 Å². The summed E-state index contributed by atoms with van der Waals surface area (Å²) in [6.07, 6.45) is 10.8. The number of phenols is 1. The molecule has 32 heavy (non-hydrogen) atoms. The van der Waals surface area contributed by atoms with E-state index < -0.39 is 0 Å². The average molecular weight is 456 g/mol. The zero-order valence-corrected chi connectivity index (χ0v) is 20.9. The second-order valence-electron chi connectivity index (χ2n) is 9.39. The Bertz CT molecular complexity index is 918. The monoisotopic (exact) mass is 455 g/mol. The van der Waals surface area contributed by atoms with Gasteiger partial charge in [-0.1, -0.05) is 43.6 Å². The zero-order chi connectivity index (χ0) is 23.3.